The summed E-state index contributed by atoms with van der Waals surface area (Å²) in [5.41, 5.74) is 0.237. The Hall–Kier alpha value is -1.76. The number of hydrogen-bond acceptors (Lipinski definition) is 6. The molecule has 1 N–H and O–H groups in total. The molecule has 0 radical (unpaired) electrons. The van der Waals surface area contributed by atoms with E-state index in [4.69, 9.17) is 4.74 Å². The van der Waals surface area contributed by atoms with Crippen LogP contribution in [0.2, 0.25) is 0 Å². The number of ether oxygens (including phenoxy) is 2. The minimum absolute atomic E-state index is 0.177. The lowest BCUT2D eigenvalue weighted by atomic mass is 10.2. The molecule has 1 aromatic heterocycles. The van der Waals surface area contributed by atoms with Gasteiger partial charge in [0.1, 0.15) is 11.3 Å². The zero-order valence-corrected chi connectivity index (χ0v) is 13.7. The lowest BCUT2D eigenvalue weighted by Gasteiger charge is -2.19. The molecule has 0 atom stereocenters. The number of hydrogen-bond donors (Lipinski definition) is 1. The Morgan fingerprint density at radius 2 is 2.00 bits per heavy atom. The summed E-state index contributed by atoms with van der Waals surface area (Å²) in [6.07, 6.45) is 1.37. The molecule has 0 fully saturated rings. The molecular formula is C14H20N2O4S. The summed E-state index contributed by atoms with van der Waals surface area (Å²) < 4.78 is 9.79. The van der Waals surface area contributed by atoms with Gasteiger partial charge in [-0.3, -0.25) is 0 Å². The summed E-state index contributed by atoms with van der Waals surface area (Å²) in [6, 6.07) is 3.37. The van der Waals surface area contributed by atoms with Crippen molar-refractivity contribution < 1.29 is 19.1 Å². The number of amides is 1. The quantitative estimate of drug-likeness (QED) is 0.680. The van der Waals surface area contributed by atoms with Gasteiger partial charge >= 0.3 is 12.1 Å². The molecule has 21 heavy (non-hydrogen) atoms. The van der Waals surface area contributed by atoms with Crippen molar-refractivity contribution in [1.82, 2.24) is 10.3 Å². The maximum atomic E-state index is 11.6. The first-order valence-corrected chi connectivity index (χ1v) is 7.58. The fraction of sp³-hybridized carbons (Fsp3) is 0.500. The Bertz CT molecular complexity index is 526. The van der Waals surface area contributed by atoms with Gasteiger partial charge in [0.2, 0.25) is 0 Å². The lowest BCUT2D eigenvalue weighted by molar-refractivity contribution is 0.0522. The topological polar surface area (TPSA) is 77.5 Å². The van der Waals surface area contributed by atoms with Gasteiger partial charge in [-0.1, -0.05) is 0 Å². The predicted octanol–water partition coefficient (Wildman–Crippen LogP) is 2.61. The van der Waals surface area contributed by atoms with Crippen LogP contribution < -0.4 is 5.32 Å². The van der Waals surface area contributed by atoms with E-state index >= 15 is 0 Å². The minimum atomic E-state index is -0.562. The van der Waals surface area contributed by atoms with Gasteiger partial charge in [0.05, 0.1) is 19.3 Å². The highest BCUT2D eigenvalue weighted by atomic mass is 32.2. The van der Waals surface area contributed by atoms with E-state index in [1.54, 1.807) is 32.9 Å². The molecule has 0 aromatic carbocycles. The van der Waals surface area contributed by atoms with Crippen LogP contribution in [0.5, 0.6) is 0 Å². The number of rotatable bonds is 4. The van der Waals surface area contributed by atoms with Gasteiger partial charge in [0.15, 0.2) is 0 Å². The van der Waals surface area contributed by atoms with Gasteiger partial charge in [-0.15, -0.1) is 11.8 Å². The number of aromatic nitrogens is 1. The van der Waals surface area contributed by atoms with Gasteiger partial charge in [-0.25, -0.2) is 14.6 Å². The van der Waals surface area contributed by atoms with Crippen molar-refractivity contribution in [2.24, 2.45) is 0 Å². The number of alkyl carbamates (subject to hydrolysis) is 1. The minimum Gasteiger partial charge on any atom is -0.464 e. The second kappa shape index (κ2) is 7.31. The van der Waals surface area contributed by atoms with Crippen molar-refractivity contribution in [2.75, 3.05) is 13.4 Å². The second-order valence-corrected chi connectivity index (χ2v) is 6.04. The van der Waals surface area contributed by atoms with Gasteiger partial charge in [0, 0.05) is 4.90 Å². The highest BCUT2D eigenvalue weighted by Gasteiger charge is 2.17. The third kappa shape index (κ3) is 5.63. The normalized spacial score (nSPS) is 10.9. The van der Waals surface area contributed by atoms with Crippen molar-refractivity contribution in [1.29, 1.82) is 0 Å². The summed E-state index contributed by atoms with van der Waals surface area (Å²) in [5.74, 6) is -0.513. The van der Waals surface area contributed by atoms with Gasteiger partial charge in [-0.2, -0.15) is 0 Å². The maximum Gasteiger partial charge on any atom is 0.407 e. The molecule has 6 nitrogen and oxygen atoms in total. The van der Waals surface area contributed by atoms with Gasteiger partial charge in [-0.05, 0) is 39.2 Å². The van der Waals surface area contributed by atoms with Crippen LogP contribution in [-0.2, 0) is 16.0 Å². The lowest BCUT2D eigenvalue weighted by Crippen LogP contribution is -2.32. The van der Waals surface area contributed by atoms with Crippen LogP contribution in [-0.4, -0.2) is 36.0 Å². The number of pyridine rings is 1. The molecule has 0 unspecified atom stereocenters. The molecule has 7 heteroatoms. The van der Waals surface area contributed by atoms with E-state index in [0.717, 1.165) is 4.90 Å². The number of nitrogens with one attached hydrogen (secondary N) is 1. The largest absolute Gasteiger partial charge is 0.464 e. The Labute approximate surface area is 128 Å². The van der Waals surface area contributed by atoms with Crippen molar-refractivity contribution in [3.8, 4) is 0 Å². The van der Waals surface area contributed by atoms with Gasteiger partial charge in [0.25, 0.3) is 0 Å². The van der Waals surface area contributed by atoms with Crippen LogP contribution in [0.1, 0.15) is 37.0 Å². The van der Waals surface area contributed by atoms with E-state index in [-0.39, 0.29) is 12.2 Å². The summed E-state index contributed by atoms with van der Waals surface area (Å²) in [5, 5.41) is 2.63. The first-order valence-electron chi connectivity index (χ1n) is 6.36. The molecular weight excluding hydrogens is 292 g/mol. The molecule has 0 saturated heterocycles. The first-order chi connectivity index (χ1) is 9.76. The highest BCUT2D eigenvalue weighted by Crippen LogP contribution is 2.19. The molecule has 1 aromatic rings. The Morgan fingerprint density at radius 1 is 1.33 bits per heavy atom. The molecule has 1 heterocycles. The predicted molar refractivity (Wildman–Crippen MR) is 80.4 cm³/mol. The SMILES string of the molecule is COC(=O)c1ccc(SC)c(CNC(=O)OC(C)(C)C)n1. The number of carbonyl (C=O) groups excluding carboxylic acids is 2. The van der Waals surface area contributed by atoms with E-state index in [1.807, 2.05) is 6.26 Å². The van der Waals surface area contributed by atoms with Crippen molar-refractivity contribution in [3.63, 3.8) is 0 Å². The van der Waals surface area contributed by atoms with E-state index in [9.17, 15) is 9.59 Å². The zero-order chi connectivity index (χ0) is 16.0. The maximum absolute atomic E-state index is 11.6. The van der Waals surface area contributed by atoms with Crippen LogP contribution in [0.15, 0.2) is 17.0 Å². The Balaban J connectivity index is 2.81. The molecule has 0 bridgehead atoms. The first kappa shape index (κ1) is 17.3. The Kier molecular flexibility index (Phi) is 6.02. The average molecular weight is 312 g/mol. The fourth-order valence-corrected chi connectivity index (χ4v) is 2.05. The smallest absolute Gasteiger partial charge is 0.407 e. The fourth-order valence-electron chi connectivity index (χ4n) is 1.49. The van der Waals surface area contributed by atoms with Crippen LogP contribution in [0, 0.1) is 0 Å². The third-order valence-electron chi connectivity index (χ3n) is 2.35. The van der Waals surface area contributed by atoms with E-state index in [2.05, 4.69) is 15.0 Å². The Morgan fingerprint density at radius 3 is 2.52 bits per heavy atom. The van der Waals surface area contributed by atoms with E-state index in [1.165, 1.54) is 18.9 Å². The zero-order valence-electron chi connectivity index (χ0n) is 12.9. The third-order valence-corrected chi connectivity index (χ3v) is 3.16. The number of carbonyl (C=O) groups is 2. The molecule has 1 amide bonds. The van der Waals surface area contributed by atoms with E-state index in [0.29, 0.717) is 5.69 Å². The standard InChI is InChI=1S/C14H20N2O4S/c1-14(2,3)20-13(18)15-8-10-11(21-5)7-6-9(16-10)12(17)19-4/h6-7H,8H2,1-5H3,(H,15,18). The van der Waals surface area contributed by atoms with Gasteiger partial charge < -0.3 is 14.8 Å². The molecule has 0 aliphatic heterocycles. The average Bonchev–Trinajstić information content (AvgIpc) is 2.42. The number of esters is 1. The van der Waals surface area contributed by atoms with E-state index < -0.39 is 17.7 Å². The monoisotopic (exact) mass is 312 g/mol. The molecule has 0 aliphatic carbocycles. The number of methoxy groups -OCH3 is 1. The molecule has 116 valence electrons. The van der Waals surface area contributed by atoms with Crippen LogP contribution >= 0.6 is 11.8 Å². The highest BCUT2D eigenvalue weighted by molar-refractivity contribution is 7.98. The summed E-state index contributed by atoms with van der Waals surface area (Å²) in [7, 11) is 1.30. The summed E-state index contributed by atoms with van der Waals surface area (Å²) in [6.45, 7) is 5.54. The molecule has 1 rings (SSSR count). The summed E-state index contributed by atoms with van der Waals surface area (Å²) >= 11 is 1.48. The van der Waals surface area contributed by atoms with Crippen molar-refractivity contribution in [2.45, 2.75) is 37.8 Å². The second-order valence-electron chi connectivity index (χ2n) is 5.19. The van der Waals surface area contributed by atoms with Crippen molar-refractivity contribution >= 4 is 23.8 Å². The number of thioether (sulfide) groups is 1. The number of nitrogens with zero attached hydrogens (tertiary/aromatic N) is 1. The molecule has 0 spiro atoms. The van der Waals surface area contributed by atoms with Crippen LogP contribution in [0.25, 0.3) is 0 Å². The molecule has 0 saturated carbocycles. The van der Waals surface area contributed by atoms with Crippen LogP contribution in [0.3, 0.4) is 0 Å². The van der Waals surface area contributed by atoms with Crippen molar-refractivity contribution in [3.05, 3.63) is 23.5 Å². The molecule has 0 aliphatic rings. The summed E-state index contributed by atoms with van der Waals surface area (Å²) in [4.78, 5) is 28.2. The van der Waals surface area contributed by atoms with Crippen LogP contribution in [0.4, 0.5) is 4.79 Å².